The van der Waals surface area contributed by atoms with Gasteiger partial charge in [0.05, 0.1) is 29.5 Å². The fourth-order valence-corrected chi connectivity index (χ4v) is 3.01. The number of oxazole rings is 1. The molecule has 3 aromatic rings. The van der Waals surface area contributed by atoms with Gasteiger partial charge in [-0.3, -0.25) is 4.99 Å². The first-order valence-electron chi connectivity index (χ1n) is 8.16. The Balaban J connectivity index is 0.00000243. The average molecular weight is 483 g/mol. The lowest BCUT2D eigenvalue weighted by atomic mass is 10.2. The Kier molecular flexibility index (Phi) is 8.05. The molecule has 2 aromatic heterocycles. The van der Waals surface area contributed by atoms with E-state index < -0.39 is 0 Å². The lowest BCUT2D eigenvalue weighted by Crippen LogP contribution is -2.36. The highest BCUT2D eigenvalue weighted by Crippen LogP contribution is 2.17. The normalized spacial score (nSPS) is 11.1. The first-order chi connectivity index (χ1) is 12.3. The Morgan fingerprint density at radius 2 is 1.85 bits per heavy atom. The van der Waals surface area contributed by atoms with Crippen LogP contribution in [-0.4, -0.2) is 23.0 Å². The smallest absolute Gasteiger partial charge is 0.226 e. The number of guanidine groups is 1. The van der Waals surface area contributed by atoms with Crippen molar-refractivity contribution in [2.45, 2.75) is 26.4 Å². The molecule has 0 saturated carbocycles. The summed E-state index contributed by atoms with van der Waals surface area (Å²) in [6.07, 6.45) is 2.63. The van der Waals surface area contributed by atoms with Crippen molar-refractivity contribution >= 4 is 41.3 Å². The molecule has 0 amide bonds. The Labute approximate surface area is 174 Å². The molecule has 26 heavy (non-hydrogen) atoms. The monoisotopic (exact) mass is 483 g/mol. The van der Waals surface area contributed by atoms with Gasteiger partial charge in [-0.05, 0) is 18.6 Å². The summed E-state index contributed by atoms with van der Waals surface area (Å²) in [7, 11) is 1.74. The zero-order valence-corrected chi connectivity index (χ0v) is 17.9. The van der Waals surface area contributed by atoms with E-state index >= 15 is 0 Å². The number of thiazole rings is 1. The number of aromatic nitrogens is 2. The minimum Gasteiger partial charge on any atom is -0.444 e. The molecule has 0 spiro atoms. The average Bonchev–Trinajstić information content (AvgIpc) is 3.32. The number of benzene rings is 1. The lowest BCUT2D eigenvalue weighted by molar-refractivity contribution is 0.572. The highest BCUT2D eigenvalue weighted by atomic mass is 127. The molecule has 0 saturated heterocycles. The van der Waals surface area contributed by atoms with E-state index in [1.54, 1.807) is 24.6 Å². The van der Waals surface area contributed by atoms with Crippen molar-refractivity contribution in [2.24, 2.45) is 4.99 Å². The van der Waals surface area contributed by atoms with Crippen LogP contribution in [0.5, 0.6) is 0 Å². The van der Waals surface area contributed by atoms with Crippen LogP contribution in [0.2, 0.25) is 0 Å². The van der Waals surface area contributed by atoms with Gasteiger partial charge in [-0.2, -0.15) is 0 Å². The Bertz CT molecular complexity index is 831. The van der Waals surface area contributed by atoms with Crippen LogP contribution in [0.3, 0.4) is 0 Å². The van der Waals surface area contributed by atoms with E-state index in [2.05, 4.69) is 37.9 Å². The number of nitrogens with one attached hydrogen (secondary N) is 2. The number of nitrogens with zero attached hydrogens (tertiary/aromatic N) is 3. The van der Waals surface area contributed by atoms with Gasteiger partial charge in [0.2, 0.25) is 5.89 Å². The number of aliphatic imine (C=N–C) groups is 1. The minimum absolute atomic E-state index is 0. The predicted octanol–water partition coefficient (Wildman–Crippen LogP) is 3.84. The van der Waals surface area contributed by atoms with Crippen LogP contribution < -0.4 is 10.6 Å². The van der Waals surface area contributed by atoms with Crippen molar-refractivity contribution < 1.29 is 4.42 Å². The second-order valence-corrected chi connectivity index (χ2v) is 6.32. The van der Waals surface area contributed by atoms with E-state index in [0.29, 0.717) is 24.9 Å². The van der Waals surface area contributed by atoms with Gasteiger partial charge in [0.15, 0.2) is 5.96 Å². The molecule has 0 aliphatic carbocycles. The van der Waals surface area contributed by atoms with Gasteiger partial charge in [-0.25, -0.2) is 9.97 Å². The van der Waals surface area contributed by atoms with E-state index in [4.69, 9.17) is 4.42 Å². The Hall–Kier alpha value is -1.94. The van der Waals surface area contributed by atoms with Crippen LogP contribution >= 0.6 is 35.3 Å². The first-order valence-corrected chi connectivity index (χ1v) is 9.04. The fraction of sp³-hybridized carbons (Fsp3) is 0.278. The van der Waals surface area contributed by atoms with Gasteiger partial charge in [-0.15, -0.1) is 35.3 Å². The predicted molar refractivity (Wildman–Crippen MR) is 116 cm³/mol. The quantitative estimate of drug-likeness (QED) is 0.317. The van der Waals surface area contributed by atoms with E-state index in [1.165, 1.54) is 0 Å². The van der Waals surface area contributed by atoms with Crippen molar-refractivity contribution in [1.82, 2.24) is 20.6 Å². The molecule has 2 heterocycles. The lowest BCUT2D eigenvalue weighted by Gasteiger charge is -2.09. The summed E-state index contributed by atoms with van der Waals surface area (Å²) in [5, 5.41) is 9.71. The maximum absolute atomic E-state index is 5.54. The molecule has 2 N–H and O–H groups in total. The van der Waals surface area contributed by atoms with Gasteiger partial charge in [0.25, 0.3) is 0 Å². The van der Waals surface area contributed by atoms with Crippen LogP contribution in [0.15, 0.2) is 51.4 Å². The summed E-state index contributed by atoms with van der Waals surface area (Å²) in [5.74, 6) is 1.32. The number of rotatable bonds is 6. The molecule has 0 aliphatic heterocycles. The molecule has 6 nitrogen and oxygen atoms in total. The molecule has 0 fully saturated rings. The zero-order chi connectivity index (χ0) is 17.5. The molecule has 0 aliphatic rings. The van der Waals surface area contributed by atoms with Gasteiger partial charge in [0.1, 0.15) is 6.26 Å². The van der Waals surface area contributed by atoms with Gasteiger partial charge >= 0.3 is 0 Å². The Morgan fingerprint density at radius 1 is 1.12 bits per heavy atom. The first kappa shape index (κ1) is 20.4. The standard InChI is InChI=1S/C18H21N5OS.HI/c1-3-16-22-15(12-25-16)10-21-18(19-2)20-9-14-11-24-17(23-14)13-7-5-4-6-8-13;/h4-8,11-12H,3,9-10H2,1-2H3,(H2,19,20,21);1H. The van der Waals surface area contributed by atoms with Crippen molar-refractivity contribution in [1.29, 1.82) is 0 Å². The molecule has 0 radical (unpaired) electrons. The molecule has 0 unspecified atom stereocenters. The van der Waals surface area contributed by atoms with Crippen LogP contribution in [0.25, 0.3) is 11.5 Å². The van der Waals surface area contributed by atoms with Gasteiger partial charge in [-0.1, -0.05) is 25.1 Å². The summed E-state index contributed by atoms with van der Waals surface area (Å²) in [5.41, 5.74) is 2.81. The van der Waals surface area contributed by atoms with Gasteiger partial charge in [0, 0.05) is 18.0 Å². The molecular formula is C18H22IN5OS. The zero-order valence-electron chi connectivity index (χ0n) is 14.7. The maximum atomic E-state index is 5.54. The van der Waals surface area contributed by atoms with E-state index in [-0.39, 0.29) is 24.0 Å². The second kappa shape index (κ2) is 10.3. The number of aryl methyl sites for hydroxylation is 1. The third-order valence-corrected chi connectivity index (χ3v) is 4.61. The highest BCUT2D eigenvalue weighted by Gasteiger charge is 2.07. The number of hydrogen-bond acceptors (Lipinski definition) is 5. The molecular weight excluding hydrogens is 461 g/mol. The Morgan fingerprint density at radius 3 is 2.50 bits per heavy atom. The van der Waals surface area contributed by atoms with E-state index in [1.807, 2.05) is 30.3 Å². The topological polar surface area (TPSA) is 75.3 Å². The van der Waals surface area contributed by atoms with E-state index in [9.17, 15) is 0 Å². The molecule has 0 bridgehead atoms. The summed E-state index contributed by atoms with van der Waals surface area (Å²) < 4.78 is 5.54. The largest absolute Gasteiger partial charge is 0.444 e. The summed E-state index contributed by atoms with van der Waals surface area (Å²) in [6, 6.07) is 9.84. The molecule has 138 valence electrons. The molecule has 3 rings (SSSR count). The van der Waals surface area contributed by atoms with Crippen LogP contribution in [0.4, 0.5) is 0 Å². The van der Waals surface area contributed by atoms with Gasteiger partial charge < -0.3 is 15.1 Å². The van der Waals surface area contributed by atoms with Crippen LogP contribution in [0.1, 0.15) is 23.3 Å². The molecule has 8 heteroatoms. The number of hydrogen-bond donors (Lipinski definition) is 2. The van der Waals surface area contributed by atoms with Crippen molar-refractivity contribution in [2.75, 3.05) is 7.05 Å². The minimum atomic E-state index is 0. The van der Waals surface area contributed by atoms with Crippen molar-refractivity contribution in [3.05, 3.63) is 58.4 Å². The fourth-order valence-electron chi connectivity index (χ4n) is 2.26. The highest BCUT2D eigenvalue weighted by molar-refractivity contribution is 14.0. The summed E-state index contributed by atoms with van der Waals surface area (Å²) in [6.45, 7) is 3.29. The van der Waals surface area contributed by atoms with Crippen LogP contribution in [0, 0.1) is 0 Å². The summed E-state index contributed by atoms with van der Waals surface area (Å²) >= 11 is 1.69. The van der Waals surface area contributed by atoms with Crippen molar-refractivity contribution in [3.63, 3.8) is 0 Å². The molecule has 0 atom stereocenters. The van der Waals surface area contributed by atoms with E-state index in [0.717, 1.165) is 28.4 Å². The second-order valence-electron chi connectivity index (χ2n) is 5.38. The third kappa shape index (κ3) is 5.53. The summed E-state index contributed by atoms with van der Waals surface area (Å²) in [4.78, 5) is 13.3. The third-order valence-electron chi connectivity index (χ3n) is 3.57. The van der Waals surface area contributed by atoms with Crippen molar-refractivity contribution in [3.8, 4) is 11.5 Å². The van der Waals surface area contributed by atoms with Crippen LogP contribution in [-0.2, 0) is 19.5 Å². The number of halogens is 1. The SMILES string of the molecule is CCc1nc(CNC(=NC)NCc2coc(-c3ccccc3)n2)cs1.I. The maximum Gasteiger partial charge on any atom is 0.226 e. The molecule has 1 aromatic carbocycles.